The third-order valence-corrected chi connectivity index (χ3v) is 3.12. The Balaban J connectivity index is 0.000000461. The van der Waals surface area contributed by atoms with E-state index in [-0.39, 0.29) is 0 Å². The van der Waals surface area contributed by atoms with Crippen LogP contribution in [0.5, 0.6) is 0 Å². The van der Waals surface area contributed by atoms with Crippen LogP contribution in [0.1, 0.15) is 25.6 Å². The average molecular weight is 204 g/mol. The van der Waals surface area contributed by atoms with Crippen LogP contribution in [0.2, 0.25) is 0 Å². The molecule has 1 aromatic carbocycles. The number of benzene rings is 1. The van der Waals surface area contributed by atoms with Crippen molar-refractivity contribution in [3.05, 3.63) is 41.8 Å². The van der Waals surface area contributed by atoms with Gasteiger partial charge in [0.15, 0.2) is 0 Å². The van der Waals surface area contributed by atoms with Gasteiger partial charge in [-0.05, 0) is 30.0 Å². The second-order valence-corrected chi connectivity index (χ2v) is 4.01. The van der Waals surface area contributed by atoms with Gasteiger partial charge in [-0.3, -0.25) is 0 Å². The summed E-state index contributed by atoms with van der Waals surface area (Å²) < 4.78 is 1.34. The van der Waals surface area contributed by atoms with Crippen LogP contribution in [0.25, 0.3) is 15.7 Å². The summed E-state index contributed by atoms with van der Waals surface area (Å²) in [6.07, 6.45) is 0. The van der Waals surface area contributed by atoms with Gasteiger partial charge in [-0.25, -0.2) is 0 Å². The van der Waals surface area contributed by atoms with Gasteiger partial charge in [-0.1, -0.05) is 38.6 Å². The van der Waals surface area contributed by atoms with Crippen LogP contribution in [0.3, 0.4) is 0 Å². The van der Waals surface area contributed by atoms with Crippen molar-refractivity contribution in [1.29, 1.82) is 0 Å². The van der Waals surface area contributed by atoms with E-state index in [9.17, 15) is 0 Å². The highest BCUT2D eigenvalue weighted by atomic mass is 32.1. The highest BCUT2D eigenvalue weighted by Crippen LogP contribution is 2.28. The lowest BCUT2D eigenvalue weighted by atomic mass is 10.2. The average Bonchev–Trinajstić information content (AvgIpc) is 2.64. The van der Waals surface area contributed by atoms with Crippen molar-refractivity contribution in [2.45, 2.75) is 20.8 Å². The summed E-state index contributed by atoms with van der Waals surface area (Å²) in [5.41, 5.74) is 1.15. The molecule has 0 aliphatic rings. The summed E-state index contributed by atoms with van der Waals surface area (Å²) in [6, 6.07) is 10.6. The molecule has 0 N–H and O–H groups in total. The first kappa shape index (κ1) is 11.0. The van der Waals surface area contributed by atoms with Gasteiger partial charge in [0.1, 0.15) is 0 Å². The molecule has 0 saturated heterocycles. The molecule has 1 heteroatoms. The molecule has 0 aliphatic heterocycles. The number of allylic oxidation sites excluding steroid dienone is 1. The molecule has 0 amide bonds. The Bertz CT molecular complexity index is 390. The maximum Gasteiger partial charge on any atom is 0.0349 e. The molecule has 0 aliphatic carbocycles. The largest absolute Gasteiger partial charge is 0.136 e. The van der Waals surface area contributed by atoms with E-state index < -0.39 is 0 Å². The van der Waals surface area contributed by atoms with Crippen LogP contribution < -0.4 is 0 Å². The summed E-state index contributed by atoms with van der Waals surface area (Å²) in [6.45, 7) is 9.98. The SMILES string of the molecule is C=C(C)c1cc2ccccc2s1.CC. The number of rotatable bonds is 1. The number of fused-ring (bicyclic) bond motifs is 1. The van der Waals surface area contributed by atoms with E-state index in [0.717, 1.165) is 5.57 Å². The van der Waals surface area contributed by atoms with E-state index in [4.69, 9.17) is 0 Å². The van der Waals surface area contributed by atoms with Gasteiger partial charge in [0.2, 0.25) is 0 Å². The molecular weight excluding hydrogens is 188 g/mol. The lowest BCUT2D eigenvalue weighted by molar-refractivity contribution is 1.50. The van der Waals surface area contributed by atoms with Crippen molar-refractivity contribution in [3.63, 3.8) is 0 Å². The van der Waals surface area contributed by atoms with E-state index in [0.29, 0.717) is 0 Å². The van der Waals surface area contributed by atoms with E-state index in [1.54, 1.807) is 11.3 Å². The summed E-state index contributed by atoms with van der Waals surface area (Å²) in [5, 5.41) is 1.32. The molecule has 0 saturated carbocycles. The standard InChI is InChI=1S/C11H10S.C2H6/c1-8(2)11-7-9-5-3-4-6-10(9)12-11;1-2/h3-7H,1H2,2H3;1-2H3. The Morgan fingerprint density at radius 1 is 1.21 bits per heavy atom. The molecule has 1 aromatic heterocycles. The Labute approximate surface area is 89.9 Å². The molecule has 0 spiro atoms. The summed E-state index contributed by atoms with van der Waals surface area (Å²) >= 11 is 1.81. The van der Waals surface area contributed by atoms with E-state index >= 15 is 0 Å². The Hall–Kier alpha value is -1.08. The molecule has 1 heterocycles. The minimum atomic E-state index is 1.15. The lowest BCUT2D eigenvalue weighted by Gasteiger charge is -1.87. The smallest absolute Gasteiger partial charge is 0.0349 e. The quantitative estimate of drug-likeness (QED) is 0.616. The molecule has 74 valence electrons. The van der Waals surface area contributed by atoms with Gasteiger partial charge in [0, 0.05) is 9.58 Å². The first-order chi connectivity index (χ1) is 6.77. The number of hydrogen-bond donors (Lipinski definition) is 0. The van der Waals surface area contributed by atoms with Crippen LogP contribution in [0.4, 0.5) is 0 Å². The Kier molecular flexibility index (Phi) is 3.90. The molecule has 0 atom stereocenters. The zero-order chi connectivity index (χ0) is 10.6. The molecule has 14 heavy (non-hydrogen) atoms. The monoisotopic (exact) mass is 204 g/mol. The lowest BCUT2D eigenvalue weighted by Crippen LogP contribution is -1.63. The van der Waals surface area contributed by atoms with Gasteiger partial charge in [0.25, 0.3) is 0 Å². The normalized spacial score (nSPS) is 9.36. The van der Waals surface area contributed by atoms with Gasteiger partial charge in [0.05, 0.1) is 0 Å². The molecule has 0 fully saturated rings. The Morgan fingerprint density at radius 2 is 1.86 bits per heavy atom. The molecule has 0 unspecified atom stereocenters. The summed E-state index contributed by atoms with van der Waals surface area (Å²) in [5.74, 6) is 0. The third kappa shape index (κ3) is 2.24. The fourth-order valence-corrected chi connectivity index (χ4v) is 2.18. The van der Waals surface area contributed by atoms with Crippen molar-refractivity contribution < 1.29 is 0 Å². The van der Waals surface area contributed by atoms with Gasteiger partial charge >= 0.3 is 0 Å². The van der Waals surface area contributed by atoms with Crippen molar-refractivity contribution in [1.82, 2.24) is 0 Å². The minimum Gasteiger partial charge on any atom is -0.136 e. The second-order valence-electron chi connectivity index (χ2n) is 2.93. The zero-order valence-corrected chi connectivity index (χ0v) is 9.82. The van der Waals surface area contributed by atoms with E-state index in [1.165, 1.54) is 15.0 Å². The van der Waals surface area contributed by atoms with Crippen molar-refractivity contribution in [2.24, 2.45) is 0 Å². The topological polar surface area (TPSA) is 0 Å². The molecule has 0 bridgehead atoms. The van der Waals surface area contributed by atoms with Gasteiger partial charge < -0.3 is 0 Å². The number of hydrogen-bond acceptors (Lipinski definition) is 1. The van der Waals surface area contributed by atoms with Crippen molar-refractivity contribution in [2.75, 3.05) is 0 Å². The first-order valence-corrected chi connectivity index (χ1v) is 5.73. The number of thiophene rings is 1. The predicted octanol–water partition coefficient (Wildman–Crippen LogP) is 4.96. The molecule has 0 nitrogen and oxygen atoms in total. The van der Waals surface area contributed by atoms with Crippen molar-refractivity contribution in [3.8, 4) is 0 Å². The van der Waals surface area contributed by atoms with Crippen LogP contribution in [0, 0.1) is 0 Å². The Morgan fingerprint density at radius 3 is 2.43 bits per heavy atom. The van der Waals surface area contributed by atoms with Gasteiger partial charge in [-0.2, -0.15) is 0 Å². The first-order valence-electron chi connectivity index (χ1n) is 4.92. The fourth-order valence-electron chi connectivity index (χ4n) is 1.19. The summed E-state index contributed by atoms with van der Waals surface area (Å²) in [4.78, 5) is 1.29. The highest BCUT2D eigenvalue weighted by molar-refractivity contribution is 7.20. The molecule has 2 aromatic rings. The summed E-state index contributed by atoms with van der Waals surface area (Å²) in [7, 11) is 0. The van der Waals surface area contributed by atoms with E-state index in [2.05, 4.69) is 36.9 Å². The molecule has 0 radical (unpaired) electrons. The van der Waals surface area contributed by atoms with Crippen LogP contribution in [-0.4, -0.2) is 0 Å². The molecule has 2 rings (SSSR count). The minimum absolute atomic E-state index is 1.15. The van der Waals surface area contributed by atoms with Crippen molar-refractivity contribution >= 4 is 27.0 Å². The maximum atomic E-state index is 3.93. The second kappa shape index (κ2) is 4.97. The van der Waals surface area contributed by atoms with Gasteiger partial charge in [-0.15, -0.1) is 11.3 Å². The van der Waals surface area contributed by atoms with Crippen LogP contribution in [-0.2, 0) is 0 Å². The zero-order valence-electron chi connectivity index (χ0n) is 9.00. The third-order valence-electron chi connectivity index (χ3n) is 1.85. The van der Waals surface area contributed by atoms with E-state index in [1.807, 2.05) is 20.8 Å². The molecular formula is C13H16S. The highest BCUT2D eigenvalue weighted by Gasteiger charge is 1.99. The predicted molar refractivity (Wildman–Crippen MR) is 67.9 cm³/mol. The van der Waals surface area contributed by atoms with Crippen LogP contribution >= 0.6 is 11.3 Å². The van der Waals surface area contributed by atoms with Crippen LogP contribution in [0.15, 0.2) is 36.9 Å². The maximum absolute atomic E-state index is 3.93. The fraction of sp³-hybridized carbons (Fsp3) is 0.231.